The van der Waals surface area contributed by atoms with Gasteiger partial charge in [-0.25, -0.2) is 0 Å². The highest BCUT2D eigenvalue weighted by atomic mass is 35.5. The molecule has 2 rings (SSSR count). The van der Waals surface area contributed by atoms with Gasteiger partial charge in [-0.15, -0.1) is 0 Å². The molecule has 1 aliphatic heterocycles. The Morgan fingerprint density at radius 1 is 1.39 bits per heavy atom. The molecule has 0 aromatic heterocycles. The third kappa shape index (κ3) is 3.89. The van der Waals surface area contributed by atoms with Gasteiger partial charge >= 0.3 is 0 Å². The molecule has 1 saturated heterocycles. The van der Waals surface area contributed by atoms with Gasteiger partial charge in [0, 0.05) is 29.8 Å². The van der Waals surface area contributed by atoms with Gasteiger partial charge in [-0.2, -0.15) is 0 Å². The fourth-order valence-corrected chi connectivity index (χ4v) is 2.95. The van der Waals surface area contributed by atoms with Gasteiger partial charge in [-0.05, 0) is 44.0 Å². The zero-order valence-corrected chi connectivity index (χ0v) is 11.9. The summed E-state index contributed by atoms with van der Waals surface area (Å²) in [6.07, 6.45) is 5.40. The van der Waals surface area contributed by atoms with Gasteiger partial charge in [0.25, 0.3) is 0 Å². The highest BCUT2D eigenvalue weighted by molar-refractivity contribution is 6.30. The molecule has 18 heavy (non-hydrogen) atoms. The van der Waals surface area contributed by atoms with Crippen molar-refractivity contribution in [1.82, 2.24) is 4.90 Å². The van der Waals surface area contributed by atoms with Crippen molar-refractivity contribution in [3.63, 3.8) is 0 Å². The molecule has 2 nitrogen and oxygen atoms in total. The topological polar surface area (TPSA) is 15.3 Å². The number of hydrogen-bond donors (Lipinski definition) is 1. The molecule has 0 spiro atoms. The van der Waals surface area contributed by atoms with E-state index in [4.69, 9.17) is 11.6 Å². The Morgan fingerprint density at radius 3 is 3.06 bits per heavy atom. The van der Waals surface area contributed by atoms with Crippen LogP contribution in [0.4, 0.5) is 5.69 Å². The lowest BCUT2D eigenvalue weighted by atomic mass is 10.0. The van der Waals surface area contributed by atoms with Crippen molar-refractivity contribution in [3.8, 4) is 0 Å². The lowest BCUT2D eigenvalue weighted by Crippen LogP contribution is -2.41. The summed E-state index contributed by atoms with van der Waals surface area (Å²) in [5.74, 6) is 0. The SMILES string of the molecule is CCC1CCCCN1CCNc1cccc(Cl)c1. The van der Waals surface area contributed by atoms with Gasteiger partial charge < -0.3 is 5.32 Å². The van der Waals surface area contributed by atoms with E-state index in [9.17, 15) is 0 Å². The van der Waals surface area contributed by atoms with Crippen LogP contribution in [0.15, 0.2) is 24.3 Å². The van der Waals surface area contributed by atoms with E-state index in [0.717, 1.165) is 29.8 Å². The number of nitrogens with one attached hydrogen (secondary N) is 1. The summed E-state index contributed by atoms with van der Waals surface area (Å²) in [7, 11) is 0. The molecule has 1 N–H and O–H groups in total. The van der Waals surface area contributed by atoms with Crippen molar-refractivity contribution in [1.29, 1.82) is 0 Å². The Hall–Kier alpha value is -0.730. The number of nitrogens with zero attached hydrogens (tertiary/aromatic N) is 1. The van der Waals surface area contributed by atoms with Crippen molar-refractivity contribution < 1.29 is 0 Å². The highest BCUT2D eigenvalue weighted by Gasteiger charge is 2.19. The van der Waals surface area contributed by atoms with Crippen molar-refractivity contribution >= 4 is 17.3 Å². The monoisotopic (exact) mass is 266 g/mol. The van der Waals surface area contributed by atoms with Crippen LogP contribution in [-0.2, 0) is 0 Å². The maximum Gasteiger partial charge on any atom is 0.0426 e. The van der Waals surface area contributed by atoms with E-state index >= 15 is 0 Å². The lowest BCUT2D eigenvalue weighted by Gasteiger charge is -2.35. The summed E-state index contributed by atoms with van der Waals surface area (Å²) in [5, 5.41) is 4.25. The van der Waals surface area contributed by atoms with Crippen molar-refractivity contribution in [2.45, 2.75) is 38.6 Å². The van der Waals surface area contributed by atoms with E-state index in [1.807, 2.05) is 18.2 Å². The molecule has 0 bridgehead atoms. The molecule has 1 aliphatic rings. The van der Waals surface area contributed by atoms with Gasteiger partial charge in [0.2, 0.25) is 0 Å². The zero-order valence-electron chi connectivity index (χ0n) is 11.2. The van der Waals surface area contributed by atoms with Gasteiger partial charge in [0.05, 0.1) is 0 Å². The van der Waals surface area contributed by atoms with Gasteiger partial charge in [-0.3, -0.25) is 4.90 Å². The Morgan fingerprint density at radius 2 is 2.28 bits per heavy atom. The number of likely N-dealkylation sites (tertiary alicyclic amines) is 1. The molecule has 0 amide bonds. The number of benzene rings is 1. The van der Waals surface area contributed by atoms with Gasteiger partial charge in [-0.1, -0.05) is 31.0 Å². The van der Waals surface area contributed by atoms with Crippen LogP contribution in [-0.4, -0.2) is 30.6 Å². The molecule has 0 saturated carbocycles. The molecule has 1 aromatic carbocycles. The summed E-state index contributed by atoms with van der Waals surface area (Å²) in [5.41, 5.74) is 1.12. The van der Waals surface area contributed by atoms with Crippen molar-refractivity contribution in [3.05, 3.63) is 29.3 Å². The predicted octanol–water partition coefficient (Wildman–Crippen LogP) is 4.02. The van der Waals surface area contributed by atoms with Crippen LogP contribution >= 0.6 is 11.6 Å². The van der Waals surface area contributed by atoms with Crippen LogP contribution in [0.5, 0.6) is 0 Å². The summed E-state index contributed by atoms with van der Waals surface area (Å²) < 4.78 is 0. The predicted molar refractivity (Wildman–Crippen MR) is 79.4 cm³/mol. The van der Waals surface area contributed by atoms with Crippen LogP contribution in [0.1, 0.15) is 32.6 Å². The first kappa shape index (κ1) is 13.7. The molecule has 1 aromatic rings. The minimum absolute atomic E-state index is 0.792. The third-order valence-corrected chi connectivity index (χ3v) is 4.01. The minimum atomic E-state index is 0.792. The smallest absolute Gasteiger partial charge is 0.0426 e. The van der Waals surface area contributed by atoms with E-state index in [1.165, 1.54) is 32.2 Å². The molecule has 1 unspecified atom stereocenters. The van der Waals surface area contributed by atoms with E-state index in [1.54, 1.807) is 0 Å². The van der Waals surface area contributed by atoms with Crippen LogP contribution in [0.25, 0.3) is 0 Å². The molecule has 0 aliphatic carbocycles. The van der Waals surface area contributed by atoms with Crippen molar-refractivity contribution in [2.24, 2.45) is 0 Å². The van der Waals surface area contributed by atoms with Gasteiger partial charge in [0.1, 0.15) is 0 Å². The Balaban J connectivity index is 1.77. The molecular formula is C15H23ClN2. The quantitative estimate of drug-likeness (QED) is 0.866. The highest BCUT2D eigenvalue weighted by Crippen LogP contribution is 2.19. The fourth-order valence-electron chi connectivity index (χ4n) is 2.76. The summed E-state index contributed by atoms with van der Waals surface area (Å²) >= 11 is 5.97. The van der Waals surface area contributed by atoms with Crippen LogP contribution in [0.3, 0.4) is 0 Å². The largest absolute Gasteiger partial charge is 0.384 e. The second-order valence-corrected chi connectivity index (χ2v) is 5.47. The second-order valence-electron chi connectivity index (χ2n) is 5.03. The number of anilines is 1. The average molecular weight is 267 g/mol. The molecule has 0 radical (unpaired) electrons. The Kier molecular flexibility index (Phi) is 5.33. The summed E-state index contributed by atoms with van der Waals surface area (Å²) in [6.45, 7) is 5.69. The Bertz CT molecular complexity index is 367. The van der Waals surface area contributed by atoms with E-state index < -0.39 is 0 Å². The van der Waals surface area contributed by atoms with Crippen LogP contribution in [0, 0.1) is 0 Å². The maximum atomic E-state index is 5.97. The molecule has 100 valence electrons. The molecule has 1 fully saturated rings. The summed E-state index contributed by atoms with van der Waals surface area (Å²) in [4.78, 5) is 2.63. The number of hydrogen-bond acceptors (Lipinski definition) is 2. The molecule has 1 heterocycles. The minimum Gasteiger partial charge on any atom is -0.384 e. The molecule has 1 atom stereocenters. The van der Waals surface area contributed by atoms with E-state index in [-0.39, 0.29) is 0 Å². The Labute approximate surface area is 115 Å². The normalized spacial score (nSPS) is 20.9. The van der Waals surface area contributed by atoms with Crippen LogP contribution in [0.2, 0.25) is 5.02 Å². The van der Waals surface area contributed by atoms with E-state index in [0.29, 0.717) is 0 Å². The molecule has 3 heteroatoms. The molecular weight excluding hydrogens is 244 g/mol. The van der Waals surface area contributed by atoms with Gasteiger partial charge in [0.15, 0.2) is 0 Å². The fraction of sp³-hybridized carbons (Fsp3) is 0.600. The second kappa shape index (κ2) is 7.01. The average Bonchev–Trinajstić information content (AvgIpc) is 2.39. The number of halogens is 1. The number of piperidine rings is 1. The zero-order chi connectivity index (χ0) is 12.8. The third-order valence-electron chi connectivity index (χ3n) is 3.77. The lowest BCUT2D eigenvalue weighted by molar-refractivity contribution is 0.150. The first-order valence-corrected chi connectivity index (χ1v) is 7.41. The van der Waals surface area contributed by atoms with Crippen LogP contribution < -0.4 is 5.32 Å². The van der Waals surface area contributed by atoms with Crippen molar-refractivity contribution in [2.75, 3.05) is 25.0 Å². The first-order valence-electron chi connectivity index (χ1n) is 7.03. The first-order chi connectivity index (χ1) is 8.79. The number of rotatable bonds is 5. The standard InChI is InChI=1S/C15H23ClN2/c1-2-15-8-3-4-10-18(15)11-9-17-14-7-5-6-13(16)12-14/h5-7,12,15,17H,2-4,8-11H2,1H3. The summed E-state index contributed by atoms with van der Waals surface area (Å²) in [6, 6.07) is 8.74. The van der Waals surface area contributed by atoms with E-state index in [2.05, 4.69) is 23.2 Å². The maximum absolute atomic E-state index is 5.97.